The van der Waals surface area contributed by atoms with Gasteiger partial charge < -0.3 is 14.8 Å². The highest BCUT2D eigenvalue weighted by Gasteiger charge is 2.19. The molecule has 1 unspecified atom stereocenters. The van der Waals surface area contributed by atoms with Crippen LogP contribution in [-0.4, -0.2) is 30.0 Å². The minimum atomic E-state index is 0.0934. The lowest BCUT2D eigenvalue weighted by Gasteiger charge is -2.18. The quantitative estimate of drug-likeness (QED) is 0.940. The molecule has 0 radical (unpaired) electrons. The highest BCUT2D eigenvalue weighted by molar-refractivity contribution is 5.46. The molecule has 5 heteroatoms. The Kier molecular flexibility index (Phi) is 3.84. The average molecular weight is 287 g/mol. The zero-order valence-electron chi connectivity index (χ0n) is 12.7. The molecule has 2 heterocycles. The van der Waals surface area contributed by atoms with E-state index in [2.05, 4.69) is 28.7 Å². The van der Waals surface area contributed by atoms with E-state index in [4.69, 9.17) is 9.47 Å². The third kappa shape index (κ3) is 2.74. The summed E-state index contributed by atoms with van der Waals surface area (Å²) in [7, 11) is 3.90. The number of hydrogen-bond acceptors (Lipinski definition) is 4. The highest BCUT2D eigenvalue weighted by Crippen LogP contribution is 2.34. The van der Waals surface area contributed by atoms with E-state index in [0.29, 0.717) is 13.2 Å². The highest BCUT2D eigenvalue weighted by atomic mass is 16.5. The van der Waals surface area contributed by atoms with E-state index in [1.807, 2.05) is 31.8 Å². The summed E-state index contributed by atoms with van der Waals surface area (Å²) in [4.78, 5) is 0. The van der Waals surface area contributed by atoms with Gasteiger partial charge in [0.05, 0.1) is 24.9 Å². The van der Waals surface area contributed by atoms with Crippen LogP contribution in [0.5, 0.6) is 11.5 Å². The fraction of sp³-hybridized carbons (Fsp3) is 0.438. The second-order valence-corrected chi connectivity index (χ2v) is 5.32. The SMILES string of the molecule is CNC(c1ccc2c(c1)OCCCO2)c1cn(C)nc1C. The van der Waals surface area contributed by atoms with Gasteiger partial charge in [0, 0.05) is 25.2 Å². The van der Waals surface area contributed by atoms with Gasteiger partial charge in [-0.2, -0.15) is 5.10 Å². The Hall–Kier alpha value is -2.01. The van der Waals surface area contributed by atoms with Crippen LogP contribution < -0.4 is 14.8 Å². The number of hydrogen-bond donors (Lipinski definition) is 1. The first kappa shape index (κ1) is 13.9. The predicted molar refractivity (Wildman–Crippen MR) is 80.9 cm³/mol. The Balaban J connectivity index is 1.98. The van der Waals surface area contributed by atoms with Gasteiger partial charge in [0.2, 0.25) is 0 Å². The molecule has 2 aromatic rings. The van der Waals surface area contributed by atoms with E-state index in [-0.39, 0.29) is 6.04 Å². The van der Waals surface area contributed by atoms with Gasteiger partial charge in [0.25, 0.3) is 0 Å². The van der Waals surface area contributed by atoms with Gasteiger partial charge in [0.15, 0.2) is 11.5 Å². The molecule has 0 spiro atoms. The van der Waals surface area contributed by atoms with Crippen LogP contribution in [0.15, 0.2) is 24.4 Å². The number of ether oxygens (including phenoxy) is 2. The molecule has 1 atom stereocenters. The third-order valence-electron chi connectivity index (χ3n) is 3.76. The van der Waals surface area contributed by atoms with Gasteiger partial charge in [-0.15, -0.1) is 0 Å². The fourth-order valence-electron chi connectivity index (χ4n) is 2.76. The van der Waals surface area contributed by atoms with Crippen LogP contribution in [0.2, 0.25) is 0 Å². The number of benzene rings is 1. The maximum atomic E-state index is 5.78. The second-order valence-electron chi connectivity index (χ2n) is 5.32. The number of nitrogens with one attached hydrogen (secondary N) is 1. The Morgan fingerprint density at radius 1 is 1.24 bits per heavy atom. The minimum Gasteiger partial charge on any atom is -0.490 e. The van der Waals surface area contributed by atoms with Crippen molar-refractivity contribution in [2.75, 3.05) is 20.3 Å². The minimum absolute atomic E-state index is 0.0934. The number of aromatic nitrogens is 2. The van der Waals surface area contributed by atoms with Gasteiger partial charge in [-0.05, 0) is 31.7 Å². The monoisotopic (exact) mass is 287 g/mol. The molecule has 1 aromatic carbocycles. The van der Waals surface area contributed by atoms with Crippen molar-refractivity contribution >= 4 is 0 Å². The Bertz CT molecular complexity index is 636. The molecule has 0 bridgehead atoms. The smallest absolute Gasteiger partial charge is 0.161 e. The van der Waals surface area contributed by atoms with E-state index < -0.39 is 0 Å². The lowest BCUT2D eigenvalue weighted by Crippen LogP contribution is -2.18. The first-order valence-corrected chi connectivity index (χ1v) is 7.26. The lowest BCUT2D eigenvalue weighted by molar-refractivity contribution is 0.297. The van der Waals surface area contributed by atoms with Crippen molar-refractivity contribution in [1.82, 2.24) is 15.1 Å². The Morgan fingerprint density at radius 3 is 2.67 bits per heavy atom. The van der Waals surface area contributed by atoms with Crippen LogP contribution in [0.4, 0.5) is 0 Å². The molecule has 1 aliphatic heterocycles. The first-order valence-electron chi connectivity index (χ1n) is 7.26. The summed E-state index contributed by atoms with van der Waals surface area (Å²) in [5.41, 5.74) is 3.36. The molecule has 0 aliphatic carbocycles. The lowest BCUT2D eigenvalue weighted by atomic mass is 9.99. The molecule has 0 saturated carbocycles. The maximum absolute atomic E-state index is 5.78. The fourth-order valence-corrected chi connectivity index (χ4v) is 2.76. The molecule has 5 nitrogen and oxygen atoms in total. The summed E-state index contributed by atoms with van der Waals surface area (Å²) < 4.78 is 13.3. The van der Waals surface area contributed by atoms with Crippen molar-refractivity contribution < 1.29 is 9.47 Å². The van der Waals surface area contributed by atoms with Crippen molar-refractivity contribution in [3.63, 3.8) is 0 Å². The maximum Gasteiger partial charge on any atom is 0.161 e. The standard InChI is InChI=1S/C16H21N3O2/c1-11-13(10-19(3)18-11)16(17-2)12-5-6-14-15(9-12)21-8-4-7-20-14/h5-6,9-10,16-17H,4,7-8H2,1-3H3. The summed E-state index contributed by atoms with van der Waals surface area (Å²) in [5.74, 6) is 1.65. The summed E-state index contributed by atoms with van der Waals surface area (Å²) in [6, 6.07) is 6.23. The van der Waals surface area contributed by atoms with Crippen molar-refractivity contribution in [2.24, 2.45) is 7.05 Å². The zero-order chi connectivity index (χ0) is 14.8. The zero-order valence-corrected chi connectivity index (χ0v) is 12.7. The molecule has 112 valence electrons. The van der Waals surface area contributed by atoms with Crippen molar-refractivity contribution in [3.05, 3.63) is 41.2 Å². The molecule has 0 amide bonds. The van der Waals surface area contributed by atoms with E-state index in [1.165, 1.54) is 5.56 Å². The molecule has 0 saturated heterocycles. The molecule has 3 rings (SSSR count). The van der Waals surface area contributed by atoms with E-state index >= 15 is 0 Å². The van der Waals surface area contributed by atoms with Crippen LogP contribution in [0, 0.1) is 6.92 Å². The van der Waals surface area contributed by atoms with Crippen LogP contribution in [0.3, 0.4) is 0 Å². The Labute approximate surface area is 124 Å². The largest absolute Gasteiger partial charge is 0.490 e. The molecular formula is C16H21N3O2. The molecule has 21 heavy (non-hydrogen) atoms. The summed E-state index contributed by atoms with van der Waals surface area (Å²) in [5, 5.41) is 7.79. The van der Waals surface area contributed by atoms with Gasteiger partial charge in [0.1, 0.15) is 0 Å². The van der Waals surface area contributed by atoms with Crippen molar-refractivity contribution in [1.29, 1.82) is 0 Å². The van der Waals surface area contributed by atoms with E-state index in [0.717, 1.165) is 29.2 Å². The van der Waals surface area contributed by atoms with Crippen LogP contribution in [0.25, 0.3) is 0 Å². The van der Waals surface area contributed by atoms with Crippen LogP contribution in [0.1, 0.15) is 29.3 Å². The molecule has 0 fully saturated rings. The molecule has 1 aromatic heterocycles. The normalized spacial score (nSPS) is 15.6. The first-order chi connectivity index (χ1) is 10.2. The molecular weight excluding hydrogens is 266 g/mol. The topological polar surface area (TPSA) is 48.3 Å². The van der Waals surface area contributed by atoms with Crippen LogP contribution in [-0.2, 0) is 7.05 Å². The van der Waals surface area contributed by atoms with Crippen LogP contribution >= 0.6 is 0 Å². The predicted octanol–water partition coefficient (Wildman–Crippen LogP) is 2.20. The molecule has 1 N–H and O–H groups in total. The van der Waals surface area contributed by atoms with Gasteiger partial charge in [-0.25, -0.2) is 0 Å². The summed E-state index contributed by atoms with van der Waals surface area (Å²) in [6.07, 6.45) is 2.97. The van der Waals surface area contributed by atoms with E-state index in [1.54, 1.807) is 0 Å². The number of rotatable bonds is 3. The third-order valence-corrected chi connectivity index (χ3v) is 3.76. The molecule has 1 aliphatic rings. The van der Waals surface area contributed by atoms with Crippen molar-refractivity contribution in [2.45, 2.75) is 19.4 Å². The number of aryl methyl sites for hydroxylation is 2. The van der Waals surface area contributed by atoms with Gasteiger partial charge >= 0.3 is 0 Å². The summed E-state index contributed by atoms with van der Waals surface area (Å²) in [6.45, 7) is 3.44. The second kappa shape index (κ2) is 5.77. The van der Waals surface area contributed by atoms with Gasteiger partial charge in [-0.3, -0.25) is 4.68 Å². The summed E-state index contributed by atoms with van der Waals surface area (Å²) >= 11 is 0. The number of nitrogens with zero attached hydrogens (tertiary/aromatic N) is 2. The van der Waals surface area contributed by atoms with Crippen molar-refractivity contribution in [3.8, 4) is 11.5 Å². The Morgan fingerprint density at radius 2 is 2.00 bits per heavy atom. The van der Waals surface area contributed by atoms with Gasteiger partial charge in [-0.1, -0.05) is 6.07 Å². The van der Waals surface area contributed by atoms with E-state index in [9.17, 15) is 0 Å². The number of fused-ring (bicyclic) bond motifs is 1. The average Bonchev–Trinajstić information content (AvgIpc) is 2.68.